The fourth-order valence-electron chi connectivity index (χ4n) is 1.72. The summed E-state index contributed by atoms with van der Waals surface area (Å²) in [4.78, 5) is 13.4. The molecule has 0 bridgehead atoms. The monoisotopic (exact) mass is 287 g/mol. The molecular formula is C13H15Cl2NO2. The van der Waals surface area contributed by atoms with E-state index < -0.39 is 0 Å². The minimum atomic E-state index is 0.210. The van der Waals surface area contributed by atoms with E-state index in [4.69, 9.17) is 27.9 Å². The molecule has 3 nitrogen and oxygen atoms in total. The smallest absolute Gasteiger partial charge is 0.222 e. The fraction of sp³-hybridized carbons (Fsp3) is 0.462. The first-order chi connectivity index (χ1) is 8.68. The Balaban J connectivity index is 1.71. The molecule has 18 heavy (non-hydrogen) atoms. The van der Waals surface area contributed by atoms with Crippen molar-refractivity contribution >= 4 is 29.1 Å². The number of rotatable bonds is 5. The molecule has 1 heterocycles. The molecule has 0 atom stereocenters. The second-order valence-electron chi connectivity index (χ2n) is 4.24. The van der Waals surface area contributed by atoms with E-state index in [0.717, 1.165) is 19.5 Å². The number of halogens is 2. The summed E-state index contributed by atoms with van der Waals surface area (Å²) < 4.78 is 5.51. The van der Waals surface area contributed by atoms with Crippen molar-refractivity contribution in [1.29, 1.82) is 0 Å². The van der Waals surface area contributed by atoms with E-state index in [9.17, 15) is 4.79 Å². The number of ether oxygens (including phenoxy) is 1. The molecule has 0 spiro atoms. The van der Waals surface area contributed by atoms with Crippen LogP contribution in [0.25, 0.3) is 0 Å². The van der Waals surface area contributed by atoms with Crippen LogP contribution in [0.3, 0.4) is 0 Å². The molecule has 1 fully saturated rings. The molecule has 0 aliphatic carbocycles. The average molecular weight is 288 g/mol. The number of hydrogen-bond donors (Lipinski definition) is 0. The molecule has 98 valence electrons. The highest BCUT2D eigenvalue weighted by Gasteiger charge is 2.19. The molecular weight excluding hydrogens is 273 g/mol. The fourth-order valence-corrected chi connectivity index (χ4v) is 2.07. The normalized spacial score (nSPS) is 14.2. The molecule has 0 N–H and O–H groups in total. The first-order valence-electron chi connectivity index (χ1n) is 6.03. The maximum Gasteiger partial charge on any atom is 0.222 e. The highest BCUT2D eigenvalue weighted by Crippen LogP contribution is 2.31. The van der Waals surface area contributed by atoms with Crippen LogP contribution in [-0.2, 0) is 4.79 Å². The van der Waals surface area contributed by atoms with Crippen LogP contribution in [0, 0.1) is 0 Å². The molecule has 2 rings (SSSR count). The zero-order valence-corrected chi connectivity index (χ0v) is 11.5. The summed E-state index contributed by atoms with van der Waals surface area (Å²) in [5.41, 5.74) is 0. The molecule has 1 aromatic carbocycles. The van der Waals surface area contributed by atoms with Gasteiger partial charge in [0, 0.05) is 19.5 Å². The zero-order valence-electron chi connectivity index (χ0n) is 9.99. The minimum Gasteiger partial charge on any atom is -0.492 e. The summed E-state index contributed by atoms with van der Waals surface area (Å²) in [7, 11) is 0. The van der Waals surface area contributed by atoms with Crippen molar-refractivity contribution in [3.63, 3.8) is 0 Å². The predicted molar refractivity (Wildman–Crippen MR) is 72.4 cm³/mol. The van der Waals surface area contributed by atoms with Crippen molar-refractivity contribution in [2.45, 2.75) is 19.3 Å². The lowest BCUT2D eigenvalue weighted by molar-refractivity contribution is -0.134. The Labute approximate surface area is 117 Å². The van der Waals surface area contributed by atoms with Gasteiger partial charge in [-0.15, -0.1) is 0 Å². The van der Waals surface area contributed by atoms with Crippen LogP contribution in [-0.4, -0.2) is 30.5 Å². The van der Waals surface area contributed by atoms with Crippen molar-refractivity contribution in [1.82, 2.24) is 4.90 Å². The number of hydrogen-bond acceptors (Lipinski definition) is 2. The van der Waals surface area contributed by atoms with E-state index in [2.05, 4.69) is 0 Å². The van der Waals surface area contributed by atoms with Gasteiger partial charge >= 0.3 is 0 Å². The van der Waals surface area contributed by atoms with Crippen LogP contribution in [0.1, 0.15) is 19.3 Å². The summed E-state index contributed by atoms with van der Waals surface area (Å²) in [6.07, 6.45) is 2.34. The van der Waals surface area contributed by atoms with Gasteiger partial charge in [-0.05, 0) is 25.0 Å². The van der Waals surface area contributed by atoms with Gasteiger partial charge in [0.25, 0.3) is 0 Å². The van der Waals surface area contributed by atoms with Crippen molar-refractivity contribution < 1.29 is 9.53 Å². The molecule has 0 saturated carbocycles. The van der Waals surface area contributed by atoms with Crippen molar-refractivity contribution in [2.75, 3.05) is 19.7 Å². The molecule has 0 aromatic heterocycles. The van der Waals surface area contributed by atoms with Crippen molar-refractivity contribution in [2.24, 2.45) is 0 Å². The molecule has 1 aromatic rings. The molecule has 1 aliphatic heterocycles. The molecule has 1 saturated heterocycles. The lowest BCUT2D eigenvalue weighted by atomic mass is 10.2. The second kappa shape index (κ2) is 6.30. The number of benzene rings is 1. The summed E-state index contributed by atoms with van der Waals surface area (Å²) >= 11 is 11.9. The SMILES string of the molecule is O=C(CCCOc1cccc(Cl)c1Cl)N1CCC1. The van der Waals surface area contributed by atoms with E-state index >= 15 is 0 Å². The number of likely N-dealkylation sites (tertiary alicyclic amines) is 1. The van der Waals surface area contributed by atoms with Gasteiger partial charge in [0.15, 0.2) is 0 Å². The Bertz CT molecular complexity index is 433. The van der Waals surface area contributed by atoms with Crippen LogP contribution in [0.2, 0.25) is 10.0 Å². The predicted octanol–water partition coefficient (Wildman–Crippen LogP) is 3.38. The van der Waals surface area contributed by atoms with E-state index in [-0.39, 0.29) is 5.91 Å². The maximum atomic E-state index is 11.6. The lowest BCUT2D eigenvalue weighted by Gasteiger charge is -2.30. The minimum absolute atomic E-state index is 0.210. The maximum absolute atomic E-state index is 11.6. The number of nitrogens with zero attached hydrogens (tertiary/aromatic N) is 1. The van der Waals surface area contributed by atoms with Gasteiger partial charge in [0.2, 0.25) is 5.91 Å². The van der Waals surface area contributed by atoms with E-state index in [1.165, 1.54) is 0 Å². The largest absolute Gasteiger partial charge is 0.492 e. The number of carbonyl (C=O) groups excluding carboxylic acids is 1. The van der Waals surface area contributed by atoms with E-state index in [1.807, 2.05) is 4.90 Å². The van der Waals surface area contributed by atoms with Crippen LogP contribution >= 0.6 is 23.2 Å². The van der Waals surface area contributed by atoms with E-state index in [1.54, 1.807) is 18.2 Å². The third-order valence-electron chi connectivity index (χ3n) is 2.92. The molecule has 0 unspecified atom stereocenters. The van der Waals surface area contributed by atoms with Gasteiger partial charge in [-0.3, -0.25) is 4.79 Å². The lowest BCUT2D eigenvalue weighted by Crippen LogP contribution is -2.42. The second-order valence-corrected chi connectivity index (χ2v) is 5.02. The standard InChI is InChI=1S/C13H15Cl2NO2/c14-10-4-1-5-11(13(10)15)18-9-2-6-12(17)16-7-3-8-16/h1,4-5H,2-3,6-9H2. The van der Waals surface area contributed by atoms with Gasteiger partial charge < -0.3 is 9.64 Å². The number of amides is 1. The third-order valence-corrected chi connectivity index (χ3v) is 3.72. The molecule has 5 heteroatoms. The third kappa shape index (κ3) is 3.30. The zero-order chi connectivity index (χ0) is 13.0. The van der Waals surface area contributed by atoms with Crippen LogP contribution in [0.5, 0.6) is 5.75 Å². The van der Waals surface area contributed by atoms with Gasteiger partial charge in [-0.2, -0.15) is 0 Å². The van der Waals surface area contributed by atoms with Gasteiger partial charge in [0.05, 0.1) is 11.6 Å². The first-order valence-corrected chi connectivity index (χ1v) is 6.78. The summed E-state index contributed by atoms with van der Waals surface area (Å²) in [6, 6.07) is 5.27. The van der Waals surface area contributed by atoms with Crippen molar-refractivity contribution in [3.8, 4) is 5.75 Å². The Morgan fingerprint density at radius 2 is 2.11 bits per heavy atom. The van der Waals surface area contributed by atoms with Gasteiger partial charge in [0.1, 0.15) is 10.8 Å². The average Bonchev–Trinajstić information content (AvgIpc) is 2.27. The van der Waals surface area contributed by atoms with E-state index in [0.29, 0.717) is 35.2 Å². The van der Waals surface area contributed by atoms with Crippen LogP contribution in [0.4, 0.5) is 0 Å². The van der Waals surface area contributed by atoms with Gasteiger partial charge in [-0.1, -0.05) is 29.3 Å². The molecule has 0 radical (unpaired) electrons. The Hall–Kier alpha value is -0.930. The first kappa shape index (κ1) is 13.5. The van der Waals surface area contributed by atoms with Gasteiger partial charge in [-0.25, -0.2) is 0 Å². The topological polar surface area (TPSA) is 29.5 Å². The quantitative estimate of drug-likeness (QED) is 0.777. The molecule has 1 amide bonds. The van der Waals surface area contributed by atoms with Crippen LogP contribution < -0.4 is 4.74 Å². The van der Waals surface area contributed by atoms with Crippen molar-refractivity contribution in [3.05, 3.63) is 28.2 Å². The molecule has 1 aliphatic rings. The Morgan fingerprint density at radius 1 is 1.33 bits per heavy atom. The Morgan fingerprint density at radius 3 is 2.78 bits per heavy atom. The summed E-state index contributed by atoms with van der Waals surface area (Å²) in [5.74, 6) is 0.780. The summed E-state index contributed by atoms with van der Waals surface area (Å²) in [5, 5.41) is 0.902. The highest BCUT2D eigenvalue weighted by molar-refractivity contribution is 6.42. The van der Waals surface area contributed by atoms with Crippen LogP contribution in [0.15, 0.2) is 18.2 Å². The number of carbonyl (C=O) groups is 1. The Kier molecular flexibility index (Phi) is 4.72. The highest BCUT2D eigenvalue weighted by atomic mass is 35.5. The summed E-state index contributed by atoms with van der Waals surface area (Å²) in [6.45, 7) is 2.28.